The highest BCUT2D eigenvalue weighted by atomic mass is 127. The third-order valence-electron chi connectivity index (χ3n) is 23.6. The van der Waals surface area contributed by atoms with E-state index in [1.165, 1.54) is 162 Å². The molecule has 0 radical (unpaired) electrons. The maximum absolute atomic E-state index is 13.0. The number of halogens is 15. The fourth-order valence-corrected chi connectivity index (χ4v) is 40.5. The maximum atomic E-state index is 13.0. The Kier molecular flexibility index (Phi) is 42.4. The van der Waals surface area contributed by atoms with E-state index in [1.54, 1.807) is 0 Å². The maximum Gasteiger partial charge on any atom is 0.345 e. The molecule has 0 N–H and O–H groups in total. The average Bonchev–Trinajstić information content (AvgIpc) is 1.40. The molecule has 0 spiro atoms. The van der Waals surface area contributed by atoms with Gasteiger partial charge < -0.3 is 28.4 Å². The Morgan fingerprint density at radius 1 is 0.188 bits per heavy atom. The summed E-state index contributed by atoms with van der Waals surface area (Å²) in [7, 11) is 1.44. The third kappa shape index (κ3) is 26.8. The standard InChI is InChI=1S/2C22H18I3O2S.C21H16I3O3S.2C21H16I3O2S/c23-16-8-9-17(24)21(25)20(16)22(26)27-18-10-11-19(28-12-4-1-5-13-28)15-7-3-2-6-14(15)18;23-16-10-11-17(24)21(25)20(16)22(26)27-18-8-4-7-15-14(18)6-5-9-19(15)28-12-2-1-3-13-28;22-15-5-6-16(23)20(24)19(15)21(25)27-17-7-8-18(28-11-9-26-10-12-28)14-4-2-1-3-13(14)17;22-15-9-10-16(23)20(24)19(15)21(25)26-17-7-3-6-14-13(17)5-4-8-18(14)27-11-1-2-12-27;22-15-7-8-16(23)20(24)19(15)21(25)26-17-9-10-18(27-11-3-4-12-27)14-6-2-1-5-13(14)17/h2-3,6-11H,1,4-5,12-13H2;4-11H,1-3,12-13H2;1-8H,9-12H2;3-10H,1-2,11-12H2;1-2,5-10H,3-4,11-12H2/q5*+1. The van der Waals surface area contributed by atoms with Crippen molar-refractivity contribution in [3.05, 3.63) is 324 Å². The van der Waals surface area contributed by atoms with Crippen molar-refractivity contribution in [1.29, 1.82) is 0 Å². The van der Waals surface area contributed by atoms with Crippen LogP contribution in [-0.2, 0) is 59.2 Å². The number of carbonyl (C=O) groups is 5. The van der Waals surface area contributed by atoms with Crippen molar-refractivity contribution in [3.8, 4) is 28.7 Å². The van der Waals surface area contributed by atoms with Crippen LogP contribution in [0.15, 0.2) is 267 Å². The Morgan fingerprint density at radius 3 is 0.616 bits per heavy atom. The first-order valence-corrected chi connectivity index (χ1v) is 68.1. The molecule has 31 heteroatoms. The molecular weight excluding hydrogens is 3530 g/mol. The predicted molar refractivity (Wildman–Crippen MR) is 701 cm³/mol. The van der Waals surface area contributed by atoms with Gasteiger partial charge in [-0.15, -0.1) is 0 Å². The fourth-order valence-electron chi connectivity index (χ4n) is 16.9. The summed E-state index contributed by atoms with van der Waals surface area (Å²) in [5, 5.41) is 11.2. The van der Waals surface area contributed by atoms with E-state index in [1.807, 2.05) is 133 Å². The second kappa shape index (κ2) is 53.1. The van der Waals surface area contributed by atoms with E-state index in [9.17, 15) is 24.0 Å². The molecule has 0 bridgehead atoms. The minimum Gasteiger partial charge on any atom is -0.422 e. The van der Waals surface area contributed by atoms with Gasteiger partial charge in [-0.3, -0.25) is 0 Å². The van der Waals surface area contributed by atoms with Crippen LogP contribution < -0.4 is 23.7 Å². The van der Waals surface area contributed by atoms with Gasteiger partial charge in [-0.25, -0.2) is 24.0 Å². The Bertz CT molecular complexity index is 6690. The van der Waals surface area contributed by atoms with Gasteiger partial charge in [-0.1, -0.05) is 91.0 Å². The first-order chi connectivity index (χ1) is 66.8. The van der Waals surface area contributed by atoms with E-state index in [4.69, 9.17) is 28.4 Å². The zero-order valence-corrected chi connectivity index (χ0v) is 110. The van der Waals surface area contributed by atoms with Gasteiger partial charge in [0.25, 0.3) is 0 Å². The molecule has 5 saturated heterocycles. The fraction of sp³-hybridized carbons (Fsp3) is 0.206. The van der Waals surface area contributed by atoms with E-state index in [-0.39, 0.29) is 40.7 Å². The molecule has 11 nitrogen and oxygen atoms in total. The second-order valence-corrected chi connectivity index (χ2v) is 60.5. The SMILES string of the molecule is O=C(Oc1ccc([S+]2CCCC2)c2ccccc12)c1c(I)ccc(I)c1I.O=C(Oc1ccc([S+]2CCCCC2)c2ccccc12)c1c(I)ccc(I)c1I.O=C(Oc1ccc([S+]2CCOCC2)c2ccccc12)c1c(I)ccc(I)c1I.O=C(Oc1cccc2c([S+]3CCCC3)cccc12)c1c(I)ccc(I)c1I.O=C(Oc1cccc2c([S+]3CCCCC3)cccc12)c1c(I)ccc(I)c1I. The van der Waals surface area contributed by atoms with Crippen LogP contribution in [0.3, 0.4) is 0 Å². The summed E-state index contributed by atoms with van der Waals surface area (Å²) in [6, 6.07) is 82.1. The topological polar surface area (TPSA) is 141 Å². The monoisotopic (exact) mass is 3610 g/mol. The number of esters is 5. The van der Waals surface area contributed by atoms with Gasteiger partial charge >= 0.3 is 29.8 Å². The molecule has 0 aliphatic carbocycles. The molecule has 0 amide bonds. The van der Waals surface area contributed by atoms with Crippen LogP contribution in [0, 0.1) is 53.6 Å². The van der Waals surface area contributed by atoms with Gasteiger partial charge in [-0.05, 0) is 555 Å². The zero-order valence-electron chi connectivity index (χ0n) is 73.4. The normalized spacial score (nSPS) is 14.8. The molecule has 0 unspecified atom stereocenters. The minimum absolute atomic E-state index is 0.181. The van der Waals surface area contributed by atoms with Crippen molar-refractivity contribution in [2.45, 2.75) is 88.7 Å². The van der Waals surface area contributed by atoms with Crippen LogP contribution in [0.1, 0.15) is 116 Å². The first kappa shape index (κ1) is 110. The van der Waals surface area contributed by atoms with Crippen LogP contribution in [-0.4, -0.2) is 101 Å². The van der Waals surface area contributed by atoms with Crippen LogP contribution in [0.4, 0.5) is 0 Å². The molecule has 138 heavy (non-hydrogen) atoms. The van der Waals surface area contributed by atoms with Crippen molar-refractivity contribution in [1.82, 2.24) is 0 Å². The summed E-state index contributed by atoms with van der Waals surface area (Å²) in [6.45, 7) is 1.63. The Balaban J connectivity index is 0.000000125. The number of benzene rings is 15. The van der Waals surface area contributed by atoms with Gasteiger partial charge in [-0.2, -0.15) is 0 Å². The molecular formula is C107H84I15O11S5+5. The number of hydrogen-bond acceptors (Lipinski definition) is 11. The quantitative estimate of drug-likeness (QED) is 0.0318. The highest BCUT2D eigenvalue weighted by Gasteiger charge is 2.36. The van der Waals surface area contributed by atoms with Gasteiger partial charge in [0.2, 0.25) is 0 Å². The first-order valence-electron chi connectivity index (χ1n) is 44.1. The van der Waals surface area contributed by atoms with E-state index >= 15 is 0 Å². The smallest absolute Gasteiger partial charge is 0.345 e. The van der Waals surface area contributed by atoms with Gasteiger partial charge in [0.15, 0.2) is 24.5 Å². The van der Waals surface area contributed by atoms with Gasteiger partial charge in [0.1, 0.15) is 86.3 Å². The van der Waals surface area contributed by atoms with E-state index in [0.29, 0.717) is 100 Å². The van der Waals surface area contributed by atoms with E-state index in [2.05, 4.69) is 448 Å². The summed E-state index contributed by atoms with van der Waals surface area (Å²) in [5.41, 5.74) is 3.22. The molecule has 708 valence electrons. The summed E-state index contributed by atoms with van der Waals surface area (Å²) in [6.07, 6.45) is 13.2. The number of fused-ring (bicyclic) bond motifs is 5. The lowest BCUT2D eigenvalue weighted by Gasteiger charge is -2.17. The van der Waals surface area contributed by atoms with Crippen molar-refractivity contribution < 1.29 is 52.4 Å². The lowest BCUT2D eigenvalue weighted by molar-refractivity contribution is 0.0725. The summed E-state index contributed by atoms with van der Waals surface area (Å²) in [5.74, 6) is 14.1. The van der Waals surface area contributed by atoms with Crippen LogP contribution in [0.2, 0.25) is 0 Å². The van der Waals surface area contributed by atoms with E-state index in [0.717, 1.165) is 105 Å². The molecule has 5 heterocycles. The lowest BCUT2D eigenvalue weighted by atomic mass is 10.1. The van der Waals surface area contributed by atoms with Crippen molar-refractivity contribution in [3.63, 3.8) is 0 Å². The molecule has 0 aromatic heterocycles. The molecule has 0 saturated carbocycles. The van der Waals surface area contributed by atoms with Crippen molar-refractivity contribution >= 4 is 477 Å². The van der Waals surface area contributed by atoms with Gasteiger partial charge in [0.05, 0.1) is 41.0 Å². The zero-order chi connectivity index (χ0) is 97.0. The van der Waals surface area contributed by atoms with Crippen molar-refractivity contribution in [2.75, 3.05) is 70.7 Å². The van der Waals surface area contributed by atoms with Gasteiger partial charge in [0, 0.05) is 162 Å². The largest absolute Gasteiger partial charge is 0.422 e. The van der Waals surface area contributed by atoms with Crippen LogP contribution in [0.25, 0.3) is 53.9 Å². The second-order valence-electron chi connectivity index (χ2n) is 32.2. The third-order valence-corrected chi connectivity index (χ3v) is 55.8. The summed E-state index contributed by atoms with van der Waals surface area (Å²) >= 11 is 33.4. The Labute approximate surface area is 1020 Å². The highest BCUT2D eigenvalue weighted by Crippen LogP contribution is 2.44. The Hall–Kier alpha value is -0.390. The Morgan fingerprint density at radius 2 is 0.370 bits per heavy atom. The molecule has 15 aromatic carbocycles. The molecule has 5 aliphatic heterocycles. The minimum atomic E-state index is -0.307. The molecule has 15 aromatic rings. The highest BCUT2D eigenvalue weighted by molar-refractivity contribution is 14.1. The number of carbonyl (C=O) groups excluding carboxylic acids is 5. The van der Waals surface area contributed by atoms with Crippen molar-refractivity contribution in [2.24, 2.45) is 0 Å². The summed E-state index contributed by atoms with van der Waals surface area (Å²) < 4.78 is 49.6. The predicted octanol–water partition coefficient (Wildman–Crippen LogP) is 33.2. The molecule has 20 rings (SSSR count). The number of hydrogen-bond donors (Lipinski definition) is 0. The molecule has 5 aliphatic rings. The van der Waals surface area contributed by atoms with Crippen LogP contribution in [0.5, 0.6) is 28.7 Å². The van der Waals surface area contributed by atoms with Crippen LogP contribution >= 0.6 is 339 Å². The summed E-state index contributed by atoms with van der Waals surface area (Å²) in [4.78, 5) is 71.9. The molecule has 0 atom stereocenters. The lowest BCUT2D eigenvalue weighted by Crippen LogP contribution is -2.26. The molecule has 5 fully saturated rings. The average molecular weight is 3610 g/mol. The van der Waals surface area contributed by atoms with E-state index < -0.39 is 0 Å². The number of rotatable bonds is 15. The number of ether oxygens (including phenoxy) is 6.